The van der Waals surface area contributed by atoms with Crippen molar-refractivity contribution in [1.82, 2.24) is 0 Å². The average Bonchev–Trinajstić information content (AvgIpc) is 2.48. The van der Waals surface area contributed by atoms with Gasteiger partial charge in [-0.2, -0.15) is 0 Å². The van der Waals surface area contributed by atoms with Gasteiger partial charge in [0.1, 0.15) is 0 Å². The van der Waals surface area contributed by atoms with E-state index in [-0.39, 0.29) is 23.5 Å². The summed E-state index contributed by atoms with van der Waals surface area (Å²) in [6.07, 6.45) is 0.122. The zero-order valence-corrected chi connectivity index (χ0v) is 11.2. The number of Topliss-reactive ketones (excluding diaryl/α,β-unsaturated/α-hetero) is 1. The Morgan fingerprint density at radius 1 is 1.15 bits per heavy atom. The van der Waals surface area contributed by atoms with Crippen molar-refractivity contribution in [2.75, 3.05) is 7.11 Å². The van der Waals surface area contributed by atoms with Gasteiger partial charge in [0.15, 0.2) is 17.3 Å². The largest absolute Gasteiger partial charge is 0.494 e. The van der Waals surface area contributed by atoms with Gasteiger partial charge in [-0.05, 0) is 23.3 Å². The van der Waals surface area contributed by atoms with Gasteiger partial charge in [0, 0.05) is 13.0 Å². The molecule has 0 amide bonds. The van der Waals surface area contributed by atoms with E-state index >= 15 is 0 Å². The number of carbonyl (C=O) groups excluding carboxylic acids is 1. The predicted octanol–water partition coefficient (Wildman–Crippen LogP) is 2.72. The van der Waals surface area contributed by atoms with E-state index in [1.165, 1.54) is 19.2 Å². The van der Waals surface area contributed by atoms with E-state index in [0.29, 0.717) is 6.54 Å². The second-order valence-corrected chi connectivity index (χ2v) is 4.39. The molecule has 2 aromatic rings. The van der Waals surface area contributed by atoms with Gasteiger partial charge in [0.2, 0.25) is 0 Å². The predicted molar refractivity (Wildman–Crippen MR) is 75.3 cm³/mol. The third-order valence-electron chi connectivity index (χ3n) is 3.17. The molecule has 2 rings (SSSR count). The van der Waals surface area contributed by atoms with Gasteiger partial charge in [-0.3, -0.25) is 4.79 Å². The van der Waals surface area contributed by atoms with Crippen LogP contribution in [0.5, 0.6) is 5.75 Å². The molecule has 104 valence electrons. The first-order chi connectivity index (χ1) is 9.67. The Labute approximate surface area is 117 Å². The fourth-order valence-electron chi connectivity index (χ4n) is 2.08. The van der Waals surface area contributed by atoms with Crippen molar-refractivity contribution in [3.8, 4) is 5.75 Å². The summed E-state index contributed by atoms with van der Waals surface area (Å²) in [5.74, 6) is -0.838. The Morgan fingerprint density at radius 3 is 2.50 bits per heavy atom. The molecule has 0 spiro atoms. The van der Waals surface area contributed by atoms with Crippen molar-refractivity contribution < 1.29 is 13.9 Å². The molecule has 0 saturated heterocycles. The lowest BCUT2D eigenvalue weighted by atomic mass is 9.98. The molecule has 2 aromatic carbocycles. The highest BCUT2D eigenvalue weighted by atomic mass is 19.1. The molecule has 0 unspecified atom stereocenters. The minimum Gasteiger partial charge on any atom is -0.494 e. The summed E-state index contributed by atoms with van der Waals surface area (Å²) in [5.41, 5.74) is 7.39. The van der Waals surface area contributed by atoms with Gasteiger partial charge < -0.3 is 10.5 Å². The van der Waals surface area contributed by atoms with E-state index in [4.69, 9.17) is 10.5 Å². The molecular formula is C16H16FNO2. The minimum absolute atomic E-state index is 0.0381. The number of nitrogens with two attached hydrogens (primary N) is 1. The van der Waals surface area contributed by atoms with Gasteiger partial charge in [0.25, 0.3) is 0 Å². The highest BCUT2D eigenvalue weighted by Crippen LogP contribution is 2.22. The molecule has 0 atom stereocenters. The Balaban J connectivity index is 2.29. The molecule has 0 radical (unpaired) electrons. The number of benzene rings is 2. The smallest absolute Gasteiger partial charge is 0.175 e. The van der Waals surface area contributed by atoms with Crippen LogP contribution in [0.15, 0.2) is 42.5 Å². The van der Waals surface area contributed by atoms with Crippen LogP contribution in [0, 0.1) is 5.82 Å². The maximum atomic E-state index is 14.0. The molecule has 0 bridgehead atoms. The molecule has 0 aliphatic rings. The van der Waals surface area contributed by atoms with Crippen molar-refractivity contribution >= 4 is 5.78 Å². The van der Waals surface area contributed by atoms with Gasteiger partial charge in [-0.25, -0.2) is 4.39 Å². The lowest BCUT2D eigenvalue weighted by Gasteiger charge is -2.09. The number of carbonyl (C=O) groups is 1. The average molecular weight is 273 g/mol. The van der Waals surface area contributed by atoms with Crippen LogP contribution in [0.2, 0.25) is 0 Å². The summed E-state index contributed by atoms with van der Waals surface area (Å²) in [4.78, 5) is 12.2. The van der Waals surface area contributed by atoms with Gasteiger partial charge in [0.05, 0.1) is 12.7 Å². The highest BCUT2D eigenvalue weighted by Gasteiger charge is 2.16. The van der Waals surface area contributed by atoms with Crippen LogP contribution in [0.4, 0.5) is 4.39 Å². The molecule has 0 aliphatic carbocycles. The Hall–Kier alpha value is -2.20. The molecule has 3 nitrogen and oxygen atoms in total. The second kappa shape index (κ2) is 6.30. The van der Waals surface area contributed by atoms with Crippen LogP contribution in [-0.2, 0) is 13.0 Å². The standard InChI is InChI=1S/C16H16FNO2/c1-20-15-8-4-7-13(16(15)17)14(19)9-11-5-2-3-6-12(11)10-18/h2-8H,9-10,18H2,1H3. The fraction of sp³-hybridized carbons (Fsp3) is 0.188. The van der Waals surface area contributed by atoms with E-state index in [1.54, 1.807) is 6.07 Å². The Bertz CT molecular complexity index is 626. The first-order valence-corrected chi connectivity index (χ1v) is 6.30. The first kappa shape index (κ1) is 14.2. The highest BCUT2D eigenvalue weighted by molar-refractivity contribution is 5.98. The van der Waals surface area contributed by atoms with E-state index in [0.717, 1.165) is 11.1 Å². The summed E-state index contributed by atoms with van der Waals surface area (Å²) in [6.45, 7) is 0.351. The number of rotatable bonds is 5. The van der Waals surface area contributed by atoms with Crippen LogP contribution in [0.3, 0.4) is 0 Å². The summed E-state index contributed by atoms with van der Waals surface area (Å²) in [7, 11) is 1.37. The van der Waals surface area contributed by atoms with Gasteiger partial charge in [-0.1, -0.05) is 30.3 Å². The number of ketones is 1. The Kier molecular flexibility index (Phi) is 4.48. The lowest BCUT2D eigenvalue weighted by Crippen LogP contribution is -2.10. The molecule has 0 aromatic heterocycles. The van der Waals surface area contributed by atoms with Crippen molar-refractivity contribution in [1.29, 1.82) is 0 Å². The quantitative estimate of drug-likeness (QED) is 0.852. The van der Waals surface area contributed by atoms with Crippen molar-refractivity contribution in [3.63, 3.8) is 0 Å². The normalized spacial score (nSPS) is 10.3. The van der Waals surface area contributed by atoms with Crippen LogP contribution >= 0.6 is 0 Å². The van der Waals surface area contributed by atoms with Crippen molar-refractivity contribution in [2.45, 2.75) is 13.0 Å². The minimum atomic E-state index is -0.620. The SMILES string of the molecule is COc1cccc(C(=O)Cc2ccccc2CN)c1F. The van der Waals surface area contributed by atoms with Crippen molar-refractivity contribution in [3.05, 3.63) is 65.0 Å². The van der Waals surface area contributed by atoms with E-state index in [9.17, 15) is 9.18 Å². The fourth-order valence-corrected chi connectivity index (χ4v) is 2.08. The third kappa shape index (κ3) is 2.86. The summed E-state index contributed by atoms with van der Waals surface area (Å²) in [6, 6.07) is 11.9. The summed E-state index contributed by atoms with van der Waals surface area (Å²) in [5, 5.41) is 0. The zero-order valence-electron chi connectivity index (χ0n) is 11.2. The molecular weight excluding hydrogens is 257 g/mol. The number of halogens is 1. The lowest BCUT2D eigenvalue weighted by molar-refractivity contribution is 0.0988. The number of methoxy groups -OCH3 is 1. The topological polar surface area (TPSA) is 52.3 Å². The molecule has 0 fully saturated rings. The maximum Gasteiger partial charge on any atom is 0.175 e. The summed E-state index contributed by atoms with van der Waals surface area (Å²) < 4.78 is 18.9. The zero-order chi connectivity index (χ0) is 14.5. The Morgan fingerprint density at radius 2 is 1.85 bits per heavy atom. The van der Waals surface area contributed by atoms with Gasteiger partial charge in [-0.15, -0.1) is 0 Å². The van der Waals surface area contributed by atoms with Crippen LogP contribution in [0.1, 0.15) is 21.5 Å². The van der Waals surface area contributed by atoms with E-state index in [2.05, 4.69) is 0 Å². The monoisotopic (exact) mass is 273 g/mol. The molecule has 0 aliphatic heterocycles. The van der Waals surface area contributed by atoms with Crippen LogP contribution in [-0.4, -0.2) is 12.9 Å². The first-order valence-electron chi connectivity index (χ1n) is 6.30. The second-order valence-electron chi connectivity index (χ2n) is 4.39. The molecule has 0 saturated carbocycles. The van der Waals surface area contributed by atoms with Crippen molar-refractivity contribution in [2.24, 2.45) is 5.73 Å². The molecule has 0 heterocycles. The van der Waals surface area contributed by atoms with E-state index < -0.39 is 5.82 Å². The van der Waals surface area contributed by atoms with Crippen LogP contribution < -0.4 is 10.5 Å². The number of ether oxygens (including phenoxy) is 1. The van der Waals surface area contributed by atoms with Crippen LogP contribution in [0.25, 0.3) is 0 Å². The number of hydrogen-bond donors (Lipinski definition) is 1. The molecule has 2 N–H and O–H groups in total. The number of hydrogen-bond acceptors (Lipinski definition) is 3. The third-order valence-corrected chi connectivity index (χ3v) is 3.17. The van der Waals surface area contributed by atoms with E-state index in [1.807, 2.05) is 24.3 Å². The molecule has 4 heteroatoms. The molecule has 20 heavy (non-hydrogen) atoms. The van der Waals surface area contributed by atoms with Gasteiger partial charge >= 0.3 is 0 Å². The summed E-state index contributed by atoms with van der Waals surface area (Å²) >= 11 is 0. The maximum absolute atomic E-state index is 14.0.